The Morgan fingerprint density at radius 1 is 1.33 bits per heavy atom. The molecule has 0 aliphatic carbocycles. The van der Waals surface area contributed by atoms with E-state index in [0.29, 0.717) is 5.76 Å². The molecule has 2 rings (SSSR count). The van der Waals surface area contributed by atoms with Gasteiger partial charge in [0, 0.05) is 10.9 Å². The Hall–Kier alpha value is -1.55. The average molecular weight is 309 g/mol. The SMILES string of the molecule is COc1ccc(Br)c(CC(=O)c2ccc(C)o2)c1. The fourth-order valence-corrected chi connectivity index (χ4v) is 2.04. The minimum absolute atomic E-state index is 0.0444. The maximum Gasteiger partial charge on any atom is 0.202 e. The van der Waals surface area contributed by atoms with Crippen LogP contribution in [0.3, 0.4) is 0 Å². The number of Topliss-reactive ketones (excluding diaryl/α,β-unsaturated/α-hetero) is 1. The third-order valence-electron chi connectivity index (χ3n) is 2.62. The van der Waals surface area contributed by atoms with Crippen molar-refractivity contribution in [1.82, 2.24) is 0 Å². The van der Waals surface area contributed by atoms with Gasteiger partial charge in [0.05, 0.1) is 7.11 Å². The number of hydrogen-bond acceptors (Lipinski definition) is 3. The minimum Gasteiger partial charge on any atom is -0.497 e. The van der Waals surface area contributed by atoms with Crippen molar-refractivity contribution in [2.45, 2.75) is 13.3 Å². The molecule has 0 amide bonds. The largest absolute Gasteiger partial charge is 0.497 e. The second kappa shape index (κ2) is 5.40. The van der Waals surface area contributed by atoms with Crippen molar-refractivity contribution in [1.29, 1.82) is 0 Å². The van der Waals surface area contributed by atoms with E-state index in [2.05, 4.69) is 15.9 Å². The topological polar surface area (TPSA) is 39.4 Å². The average Bonchev–Trinajstić information content (AvgIpc) is 2.79. The standard InChI is InChI=1S/C14H13BrO3/c1-9-3-6-14(18-9)13(16)8-10-7-11(17-2)4-5-12(10)15/h3-7H,8H2,1-2H3. The quantitative estimate of drug-likeness (QED) is 0.807. The fraction of sp³-hybridized carbons (Fsp3) is 0.214. The molecule has 1 heterocycles. The predicted octanol–water partition coefficient (Wildman–Crippen LogP) is 3.78. The van der Waals surface area contributed by atoms with Crippen molar-refractivity contribution in [3.63, 3.8) is 0 Å². The maximum atomic E-state index is 12.0. The Morgan fingerprint density at radius 3 is 2.72 bits per heavy atom. The summed E-state index contributed by atoms with van der Waals surface area (Å²) in [7, 11) is 1.60. The Kier molecular flexibility index (Phi) is 3.87. The van der Waals surface area contributed by atoms with Gasteiger partial charge in [-0.25, -0.2) is 0 Å². The number of carbonyl (C=O) groups is 1. The van der Waals surface area contributed by atoms with E-state index >= 15 is 0 Å². The molecule has 3 nitrogen and oxygen atoms in total. The lowest BCUT2D eigenvalue weighted by Gasteiger charge is -2.06. The highest BCUT2D eigenvalue weighted by atomic mass is 79.9. The Morgan fingerprint density at radius 2 is 2.11 bits per heavy atom. The van der Waals surface area contributed by atoms with Crippen LogP contribution in [0.15, 0.2) is 39.2 Å². The summed E-state index contributed by atoms with van der Waals surface area (Å²) in [6, 6.07) is 9.04. The summed E-state index contributed by atoms with van der Waals surface area (Å²) >= 11 is 3.43. The van der Waals surface area contributed by atoms with Crippen molar-refractivity contribution >= 4 is 21.7 Å². The summed E-state index contributed by atoms with van der Waals surface area (Å²) in [5, 5.41) is 0. The summed E-state index contributed by atoms with van der Waals surface area (Å²) in [6.07, 6.45) is 0.282. The molecule has 0 aliphatic rings. The lowest BCUT2D eigenvalue weighted by Crippen LogP contribution is -2.03. The molecule has 0 bridgehead atoms. The van der Waals surface area contributed by atoms with Crippen LogP contribution in [0.5, 0.6) is 5.75 Å². The lowest BCUT2D eigenvalue weighted by atomic mass is 10.1. The number of hydrogen-bond donors (Lipinski definition) is 0. The number of halogens is 1. The third kappa shape index (κ3) is 2.82. The Labute approximate surface area is 114 Å². The van der Waals surface area contributed by atoms with Gasteiger partial charge in [-0.2, -0.15) is 0 Å². The molecule has 1 aromatic carbocycles. The monoisotopic (exact) mass is 308 g/mol. The molecule has 0 saturated heterocycles. The second-order valence-corrected chi connectivity index (χ2v) is 4.82. The number of methoxy groups -OCH3 is 1. The number of furan rings is 1. The maximum absolute atomic E-state index is 12.0. The molecular weight excluding hydrogens is 296 g/mol. The van der Waals surface area contributed by atoms with Crippen LogP contribution in [0.4, 0.5) is 0 Å². The van der Waals surface area contributed by atoms with Gasteiger partial charge < -0.3 is 9.15 Å². The summed E-state index contributed by atoms with van der Waals surface area (Å²) < 4.78 is 11.4. The highest BCUT2D eigenvalue weighted by Gasteiger charge is 2.13. The van der Waals surface area contributed by atoms with Crippen LogP contribution in [0.1, 0.15) is 21.9 Å². The Bertz CT molecular complexity index is 572. The van der Waals surface area contributed by atoms with E-state index in [-0.39, 0.29) is 12.2 Å². The molecule has 2 aromatic rings. The van der Waals surface area contributed by atoms with Crippen molar-refractivity contribution < 1.29 is 13.9 Å². The highest BCUT2D eigenvalue weighted by Crippen LogP contribution is 2.24. The molecule has 0 spiro atoms. The van der Waals surface area contributed by atoms with E-state index < -0.39 is 0 Å². The molecule has 4 heteroatoms. The molecule has 1 aromatic heterocycles. The van der Waals surface area contributed by atoms with Gasteiger partial charge in [0.1, 0.15) is 11.5 Å². The van der Waals surface area contributed by atoms with Crippen LogP contribution in [0, 0.1) is 6.92 Å². The zero-order valence-corrected chi connectivity index (χ0v) is 11.8. The van der Waals surface area contributed by atoms with Crippen LogP contribution in [-0.4, -0.2) is 12.9 Å². The van der Waals surface area contributed by atoms with E-state index in [1.54, 1.807) is 19.2 Å². The number of aryl methyl sites for hydroxylation is 1. The summed E-state index contributed by atoms with van der Waals surface area (Å²) in [5.74, 6) is 1.82. The van der Waals surface area contributed by atoms with Gasteiger partial charge in [0.2, 0.25) is 5.78 Å². The summed E-state index contributed by atoms with van der Waals surface area (Å²) in [5.41, 5.74) is 0.883. The second-order valence-electron chi connectivity index (χ2n) is 3.97. The predicted molar refractivity (Wildman–Crippen MR) is 72.2 cm³/mol. The molecule has 0 radical (unpaired) electrons. The van der Waals surface area contributed by atoms with Gasteiger partial charge in [0.25, 0.3) is 0 Å². The van der Waals surface area contributed by atoms with Gasteiger partial charge in [-0.05, 0) is 42.8 Å². The van der Waals surface area contributed by atoms with Gasteiger partial charge in [-0.1, -0.05) is 15.9 Å². The van der Waals surface area contributed by atoms with Crippen molar-refractivity contribution in [3.05, 3.63) is 51.9 Å². The molecule has 94 valence electrons. The molecule has 0 N–H and O–H groups in total. The first kappa shape index (κ1) is 12.9. The first-order valence-electron chi connectivity index (χ1n) is 5.52. The number of benzene rings is 1. The molecule has 0 atom stereocenters. The van der Waals surface area contributed by atoms with Crippen molar-refractivity contribution in [2.24, 2.45) is 0 Å². The summed E-state index contributed by atoms with van der Waals surface area (Å²) in [6.45, 7) is 1.82. The number of ketones is 1. The Balaban J connectivity index is 2.21. The van der Waals surface area contributed by atoms with Crippen LogP contribution in [-0.2, 0) is 6.42 Å². The van der Waals surface area contributed by atoms with Crippen LogP contribution >= 0.6 is 15.9 Å². The summed E-state index contributed by atoms with van der Waals surface area (Å²) in [4.78, 5) is 12.0. The first-order valence-corrected chi connectivity index (χ1v) is 6.31. The third-order valence-corrected chi connectivity index (χ3v) is 3.39. The molecule has 0 aliphatic heterocycles. The molecule has 0 fully saturated rings. The molecular formula is C14H13BrO3. The molecule has 0 unspecified atom stereocenters. The molecule has 18 heavy (non-hydrogen) atoms. The zero-order chi connectivity index (χ0) is 13.1. The van der Waals surface area contributed by atoms with E-state index in [4.69, 9.17) is 9.15 Å². The van der Waals surface area contributed by atoms with Crippen molar-refractivity contribution in [2.75, 3.05) is 7.11 Å². The smallest absolute Gasteiger partial charge is 0.202 e. The first-order chi connectivity index (χ1) is 8.60. The fourth-order valence-electron chi connectivity index (χ4n) is 1.66. The van der Waals surface area contributed by atoms with Gasteiger partial charge in [0.15, 0.2) is 5.76 Å². The van der Waals surface area contributed by atoms with E-state index in [0.717, 1.165) is 21.5 Å². The van der Waals surface area contributed by atoms with Gasteiger partial charge in [-0.3, -0.25) is 4.79 Å². The molecule has 0 saturated carbocycles. The van der Waals surface area contributed by atoms with Crippen LogP contribution in [0.2, 0.25) is 0 Å². The lowest BCUT2D eigenvalue weighted by molar-refractivity contribution is 0.0965. The van der Waals surface area contributed by atoms with Crippen molar-refractivity contribution in [3.8, 4) is 5.75 Å². The van der Waals surface area contributed by atoms with E-state index in [1.807, 2.05) is 25.1 Å². The van der Waals surface area contributed by atoms with E-state index in [1.165, 1.54) is 0 Å². The zero-order valence-electron chi connectivity index (χ0n) is 10.2. The normalized spacial score (nSPS) is 10.4. The number of carbonyl (C=O) groups excluding carboxylic acids is 1. The number of rotatable bonds is 4. The highest BCUT2D eigenvalue weighted by molar-refractivity contribution is 9.10. The van der Waals surface area contributed by atoms with Gasteiger partial charge >= 0.3 is 0 Å². The number of ether oxygens (including phenoxy) is 1. The van der Waals surface area contributed by atoms with Crippen LogP contribution in [0.25, 0.3) is 0 Å². The van der Waals surface area contributed by atoms with Gasteiger partial charge in [-0.15, -0.1) is 0 Å². The minimum atomic E-state index is -0.0444. The van der Waals surface area contributed by atoms with E-state index in [9.17, 15) is 4.79 Å². The van der Waals surface area contributed by atoms with Crippen LogP contribution < -0.4 is 4.74 Å².